The highest BCUT2D eigenvalue weighted by Gasteiger charge is 2.32. The summed E-state index contributed by atoms with van der Waals surface area (Å²) in [6.45, 7) is 2.48. The van der Waals surface area contributed by atoms with E-state index in [0.717, 1.165) is 11.4 Å². The highest BCUT2D eigenvalue weighted by atomic mass is 32.2. The molecule has 0 amide bonds. The maximum atomic E-state index is 11.9. The molecule has 116 valence electrons. The van der Waals surface area contributed by atoms with Crippen LogP contribution in [0.4, 0.5) is 11.4 Å². The van der Waals surface area contributed by atoms with Crippen LogP contribution >= 0.6 is 0 Å². The Balaban J connectivity index is 2.00. The molecule has 0 bridgehead atoms. The lowest BCUT2D eigenvalue weighted by atomic mass is 10.2. The summed E-state index contributed by atoms with van der Waals surface area (Å²) < 4.78 is 23.7. The maximum Gasteiger partial charge on any atom is 0.153 e. The van der Waals surface area contributed by atoms with Crippen LogP contribution in [0.1, 0.15) is 6.92 Å². The Bertz CT molecular complexity index is 677. The van der Waals surface area contributed by atoms with Crippen LogP contribution in [0.2, 0.25) is 0 Å². The Labute approximate surface area is 131 Å². The van der Waals surface area contributed by atoms with Crippen molar-refractivity contribution in [2.24, 2.45) is 0 Å². The summed E-state index contributed by atoms with van der Waals surface area (Å²) in [5.41, 5.74) is 2.08. The SMILES string of the molecule is CC1CS(=O)(=O)CCN1N(c1ccccc1)c1ccccc1. The Hall–Kier alpha value is -1.85. The molecule has 1 fully saturated rings. The summed E-state index contributed by atoms with van der Waals surface area (Å²) in [6.07, 6.45) is 0. The molecule has 0 aliphatic carbocycles. The van der Waals surface area contributed by atoms with Crippen LogP contribution in [0.5, 0.6) is 0 Å². The van der Waals surface area contributed by atoms with Gasteiger partial charge >= 0.3 is 0 Å². The molecule has 1 aliphatic heterocycles. The number of rotatable bonds is 3. The van der Waals surface area contributed by atoms with Crippen LogP contribution in [0.3, 0.4) is 0 Å². The zero-order valence-electron chi connectivity index (χ0n) is 12.6. The van der Waals surface area contributed by atoms with Gasteiger partial charge in [-0.2, -0.15) is 0 Å². The molecule has 0 N–H and O–H groups in total. The summed E-state index contributed by atoms with van der Waals surface area (Å²) in [5.74, 6) is 0.399. The first-order valence-electron chi connectivity index (χ1n) is 7.44. The molecular formula is C17H20N2O2S. The van der Waals surface area contributed by atoms with E-state index >= 15 is 0 Å². The zero-order valence-corrected chi connectivity index (χ0v) is 13.4. The average Bonchev–Trinajstić information content (AvgIpc) is 2.51. The van der Waals surface area contributed by atoms with Gasteiger partial charge in [-0.3, -0.25) is 5.01 Å². The summed E-state index contributed by atoms with van der Waals surface area (Å²) in [4.78, 5) is 0. The summed E-state index contributed by atoms with van der Waals surface area (Å²) in [5, 5.41) is 4.27. The second-order valence-electron chi connectivity index (χ2n) is 5.61. The molecule has 1 atom stereocenters. The molecular weight excluding hydrogens is 296 g/mol. The van der Waals surface area contributed by atoms with Gasteiger partial charge in [0.05, 0.1) is 22.9 Å². The quantitative estimate of drug-likeness (QED) is 0.873. The second kappa shape index (κ2) is 6.10. The van der Waals surface area contributed by atoms with Crippen LogP contribution in [-0.2, 0) is 9.84 Å². The number of hydrogen-bond donors (Lipinski definition) is 0. The Kier molecular flexibility index (Phi) is 4.18. The van der Waals surface area contributed by atoms with Crippen molar-refractivity contribution < 1.29 is 8.42 Å². The van der Waals surface area contributed by atoms with Crippen LogP contribution in [0.15, 0.2) is 60.7 Å². The average molecular weight is 316 g/mol. The zero-order chi connectivity index (χ0) is 15.6. The summed E-state index contributed by atoms with van der Waals surface area (Å²) >= 11 is 0. The first-order chi connectivity index (χ1) is 10.6. The van der Waals surface area contributed by atoms with E-state index in [2.05, 4.69) is 10.0 Å². The first-order valence-corrected chi connectivity index (χ1v) is 9.26. The summed E-state index contributed by atoms with van der Waals surface area (Å²) in [6, 6.07) is 20.1. The lowest BCUT2D eigenvalue weighted by molar-refractivity contribution is 0.229. The van der Waals surface area contributed by atoms with Gasteiger partial charge in [-0.25, -0.2) is 13.4 Å². The predicted molar refractivity (Wildman–Crippen MR) is 89.8 cm³/mol. The standard InChI is InChI=1S/C17H20N2O2S/c1-15-14-22(20,21)13-12-18(15)19(16-8-4-2-5-9-16)17-10-6-3-7-11-17/h2-11,15H,12-14H2,1H3. The number of hydrogen-bond acceptors (Lipinski definition) is 4. The van der Waals surface area contributed by atoms with Crippen LogP contribution in [0, 0.1) is 0 Å². The maximum absolute atomic E-state index is 11.9. The third kappa shape index (κ3) is 3.15. The van der Waals surface area contributed by atoms with Gasteiger partial charge in [0.15, 0.2) is 9.84 Å². The van der Waals surface area contributed by atoms with Gasteiger partial charge in [0, 0.05) is 12.6 Å². The van der Waals surface area contributed by atoms with Crippen LogP contribution in [0.25, 0.3) is 0 Å². The monoisotopic (exact) mass is 316 g/mol. The van der Waals surface area contributed by atoms with Crippen LogP contribution < -0.4 is 5.01 Å². The molecule has 1 heterocycles. The number of benzene rings is 2. The van der Waals surface area contributed by atoms with Crippen molar-refractivity contribution in [2.45, 2.75) is 13.0 Å². The molecule has 1 saturated heterocycles. The molecule has 0 aromatic heterocycles. The van der Waals surface area contributed by atoms with Crippen molar-refractivity contribution in [3.63, 3.8) is 0 Å². The van der Waals surface area contributed by atoms with E-state index in [1.807, 2.05) is 67.6 Å². The molecule has 22 heavy (non-hydrogen) atoms. The van der Waals surface area contributed by atoms with Gasteiger partial charge in [0.25, 0.3) is 0 Å². The first kappa shape index (κ1) is 15.1. The Morgan fingerprint density at radius 3 is 1.91 bits per heavy atom. The van der Waals surface area contributed by atoms with Gasteiger partial charge in [0.1, 0.15) is 0 Å². The molecule has 0 radical (unpaired) electrons. The minimum absolute atomic E-state index is 0.0563. The lowest BCUT2D eigenvalue weighted by Crippen LogP contribution is -2.54. The molecule has 2 aromatic carbocycles. The lowest BCUT2D eigenvalue weighted by Gasteiger charge is -2.42. The van der Waals surface area contributed by atoms with Crippen LogP contribution in [-0.4, -0.2) is 37.5 Å². The van der Waals surface area contributed by atoms with E-state index in [4.69, 9.17) is 0 Å². The number of anilines is 2. The van der Waals surface area contributed by atoms with Gasteiger partial charge < -0.3 is 0 Å². The van der Waals surface area contributed by atoms with Gasteiger partial charge in [-0.05, 0) is 31.2 Å². The number of hydrazine groups is 1. The highest BCUT2D eigenvalue weighted by molar-refractivity contribution is 7.91. The fraction of sp³-hybridized carbons (Fsp3) is 0.294. The van der Waals surface area contributed by atoms with Crippen molar-refractivity contribution in [3.05, 3.63) is 60.7 Å². The van der Waals surface area contributed by atoms with Crippen molar-refractivity contribution in [3.8, 4) is 0 Å². The Morgan fingerprint density at radius 2 is 1.45 bits per heavy atom. The predicted octanol–water partition coefficient (Wildman–Crippen LogP) is 2.86. The van der Waals surface area contributed by atoms with Gasteiger partial charge in [-0.15, -0.1) is 0 Å². The van der Waals surface area contributed by atoms with E-state index < -0.39 is 9.84 Å². The molecule has 0 spiro atoms. The molecule has 3 rings (SSSR count). The van der Waals surface area contributed by atoms with Crippen molar-refractivity contribution in [2.75, 3.05) is 23.1 Å². The smallest absolute Gasteiger partial charge is 0.153 e. The fourth-order valence-electron chi connectivity index (χ4n) is 2.87. The van der Waals surface area contributed by atoms with E-state index in [0.29, 0.717) is 6.54 Å². The molecule has 1 unspecified atom stereocenters. The fourth-order valence-corrected chi connectivity index (χ4v) is 4.41. The van der Waals surface area contributed by atoms with Gasteiger partial charge in [0.2, 0.25) is 0 Å². The minimum Gasteiger partial charge on any atom is -0.274 e. The van der Waals surface area contributed by atoms with Crippen molar-refractivity contribution in [1.29, 1.82) is 0 Å². The largest absolute Gasteiger partial charge is 0.274 e. The van der Waals surface area contributed by atoms with E-state index in [9.17, 15) is 8.42 Å². The number of para-hydroxylation sites is 2. The third-order valence-corrected chi connectivity index (χ3v) is 5.69. The highest BCUT2D eigenvalue weighted by Crippen LogP contribution is 2.29. The van der Waals surface area contributed by atoms with Crippen molar-refractivity contribution in [1.82, 2.24) is 5.01 Å². The van der Waals surface area contributed by atoms with E-state index in [1.165, 1.54) is 0 Å². The second-order valence-corrected chi connectivity index (χ2v) is 7.84. The summed E-state index contributed by atoms with van der Waals surface area (Å²) in [7, 11) is -2.93. The van der Waals surface area contributed by atoms with Crippen molar-refractivity contribution >= 4 is 21.2 Å². The molecule has 4 nitrogen and oxygen atoms in total. The molecule has 2 aromatic rings. The molecule has 0 saturated carbocycles. The minimum atomic E-state index is -2.93. The normalized spacial score (nSPS) is 21.4. The molecule has 5 heteroatoms. The van der Waals surface area contributed by atoms with Gasteiger partial charge in [-0.1, -0.05) is 36.4 Å². The third-order valence-electron chi connectivity index (χ3n) is 3.89. The van der Waals surface area contributed by atoms with E-state index in [-0.39, 0.29) is 17.5 Å². The number of nitrogens with zero attached hydrogens (tertiary/aromatic N) is 2. The number of sulfone groups is 1. The Morgan fingerprint density at radius 1 is 0.955 bits per heavy atom. The van der Waals surface area contributed by atoms with E-state index in [1.54, 1.807) is 0 Å². The molecule has 1 aliphatic rings. The topological polar surface area (TPSA) is 40.6 Å².